The number of anilines is 1. The molecule has 6 heteroatoms. The second-order valence-electron chi connectivity index (χ2n) is 3.17. The molecule has 0 spiro atoms. The molecule has 82 valence electrons. The van der Waals surface area contributed by atoms with Gasteiger partial charge in [-0.2, -0.15) is 4.98 Å². The number of nitrogens with zero attached hydrogens (tertiary/aromatic N) is 3. The molecule has 1 aromatic carbocycles. The summed E-state index contributed by atoms with van der Waals surface area (Å²) >= 11 is 11.8. The fourth-order valence-electron chi connectivity index (χ4n) is 1.27. The van der Waals surface area contributed by atoms with Crippen molar-refractivity contribution in [2.24, 2.45) is 0 Å². The van der Waals surface area contributed by atoms with E-state index in [2.05, 4.69) is 15.0 Å². The first-order chi connectivity index (χ1) is 7.65. The van der Waals surface area contributed by atoms with Crippen molar-refractivity contribution in [1.82, 2.24) is 15.0 Å². The maximum Gasteiger partial charge on any atom is 0.223 e. The summed E-state index contributed by atoms with van der Waals surface area (Å²) in [6, 6.07) is 5.29. The topological polar surface area (TPSA) is 64.7 Å². The number of hydrogen-bond donors (Lipinski definition) is 1. The Morgan fingerprint density at radius 1 is 1.19 bits per heavy atom. The van der Waals surface area contributed by atoms with Gasteiger partial charge in [0.25, 0.3) is 0 Å². The van der Waals surface area contributed by atoms with Gasteiger partial charge in [-0.15, -0.1) is 0 Å². The van der Waals surface area contributed by atoms with Crippen LogP contribution in [0.4, 0.5) is 5.95 Å². The van der Waals surface area contributed by atoms with Crippen LogP contribution >= 0.6 is 23.2 Å². The Kier molecular flexibility index (Phi) is 3.22. The van der Waals surface area contributed by atoms with Gasteiger partial charge in [-0.25, -0.2) is 9.97 Å². The predicted octanol–water partition coefficient (Wildman–Crippen LogP) is 2.35. The molecule has 0 saturated heterocycles. The number of nitrogen functional groups attached to an aromatic ring is 1. The van der Waals surface area contributed by atoms with Crippen LogP contribution in [0.1, 0.15) is 11.4 Å². The zero-order valence-electron chi connectivity index (χ0n) is 8.19. The van der Waals surface area contributed by atoms with Gasteiger partial charge in [-0.3, -0.25) is 0 Å². The molecule has 2 rings (SSSR count). The van der Waals surface area contributed by atoms with E-state index in [1.807, 2.05) is 6.07 Å². The molecular formula is C10H8Cl2N4. The van der Waals surface area contributed by atoms with Gasteiger partial charge in [0.15, 0.2) is 0 Å². The zero-order valence-corrected chi connectivity index (χ0v) is 9.70. The van der Waals surface area contributed by atoms with Gasteiger partial charge in [0, 0.05) is 16.5 Å². The fourth-order valence-corrected chi connectivity index (χ4v) is 1.74. The largest absolute Gasteiger partial charge is 0.368 e. The summed E-state index contributed by atoms with van der Waals surface area (Å²) in [7, 11) is 0. The van der Waals surface area contributed by atoms with E-state index < -0.39 is 0 Å². The van der Waals surface area contributed by atoms with Crippen LogP contribution in [0, 0.1) is 0 Å². The highest BCUT2D eigenvalue weighted by atomic mass is 35.5. The van der Waals surface area contributed by atoms with E-state index >= 15 is 0 Å². The van der Waals surface area contributed by atoms with E-state index in [4.69, 9.17) is 28.9 Å². The maximum absolute atomic E-state index is 6.03. The quantitative estimate of drug-likeness (QED) is 0.894. The lowest BCUT2D eigenvalue weighted by atomic mass is 10.1. The fraction of sp³-hybridized carbons (Fsp3) is 0.100. The molecule has 0 aliphatic rings. The third-order valence-corrected chi connectivity index (χ3v) is 2.59. The summed E-state index contributed by atoms with van der Waals surface area (Å²) in [6.45, 7) is 0. The van der Waals surface area contributed by atoms with Crippen molar-refractivity contribution in [2.45, 2.75) is 6.42 Å². The number of rotatable bonds is 2. The van der Waals surface area contributed by atoms with E-state index in [0.717, 1.165) is 5.56 Å². The minimum atomic E-state index is 0.204. The molecule has 1 heterocycles. The number of hydrogen-bond acceptors (Lipinski definition) is 4. The van der Waals surface area contributed by atoms with Gasteiger partial charge < -0.3 is 5.73 Å². The van der Waals surface area contributed by atoms with Gasteiger partial charge in [-0.1, -0.05) is 29.3 Å². The molecule has 0 unspecified atom stereocenters. The van der Waals surface area contributed by atoms with E-state index in [1.165, 1.54) is 6.33 Å². The highest BCUT2D eigenvalue weighted by Gasteiger charge is 2.05. The minimum Gasteiger partial charge on any atom is -0.368 e. The second-order valence-corrected chi connectivity index (χ2v) is 4.02. The molecule has 0 saturated carbocycles. The van der Waals surface area contributed by atoms with Crippen LogP contribution < -0.4 is 5.73 Å². The predicted molar refractivity (Wildman–Crippen MR) is 63.5 cm³/mol. The Hall–Kier alpha value is -1.39. The summed E-state index contributed by atoms with van der Waals surface area (Å²) in [5, 5.41) is 1.19. The van der Waals surface area contributed by atoms with Gasteiger partial charge in [0.1, 0.15) is 12.2 Å². The monoisotopic (exact) mass is 254 g/mol. The third-order valence-electron chi connectivity index (χ3n) is 2.00. The zero-order chi connectivity index (χ0) is 11.5. The van der Waals surface area contributed by atoms with Crippen molar-refractivity contribution in [1.29, 1.82) is 0 Å². The number of benzene rings is 1. The summed E-state index contributed by atoms with van der Waals surface area (Å²) < 4.78 is 0. The van der Waals surface area contributed by atoms with Crippen LogP contribution in [0.3, 0.4) is 0 Å². The van der Waals surface area contributed by atoms with Crippen molar-refractivity contribution < 1.29 is 0 Å². The Morgan fingerprint density at radius 2 is 2.00 bits per heavy atom. The molecule has 0 bridgehead atoms. The van der Waals surface area contributed by atoms with Gasteiger partial charge >= 0.3 is 0 Å². The first-order valence-corrected chi connectivity index (χ1v) is 5.28. The number of nitrogens with two attached hydrogens (primary N) is 1. The Bertz CT molecular complexity index is 516. The Balaban J connectivity index is 2.27. The Labute approximate surface area is 102 Å². The van der Waals surface area contributed by atoms with E-state index in [-0.39, 0.29) is 5.95 Å². The molecule has 0 fully saturated rings. The van der Waals surface area contributed by atoms with Crippen molar-refractivity contribution in [2.75, 3.05) is 5.73 Å². The van der Waals surface area contributed by atoms with Crippen molar-refractivity contribution in [3.05, 3.63) is 46.0 Å². The third kappa shape index (κ3) is 2.59. The average Bonchev–Trinajstić information content (AvgIpc) is 2.22. The van der Waals surface area contributed by atoms with Crippen molar-refractivity contribution >= 4 is 29.2 Å². The SMILES string of the molecule is Nc1ncnc(Cc2ccc(Cl)cc2Cl)n1. The molecule has 0 atom stereocenters. The summed E-state index contributed by atoms with van der Waals surface area (Å²) in [4.78, 5) is 11.7. The first-order valence-electron chi connectivity index (χ1n) is 4.52. The second kappa shape index (κ2) is 4.63. The molecule has 0 aliphatic heterocycles. The van der Waals surface area contributed by atoms with Crippen LogP contribution in [-0.4, -0.2) is 15.0 Å². The van der Waals surface area contributed by atoms with E-state index in [0.29, 0.717) is 22.3 Å². The highest BCUT2D eigenvalue weighted by Crippen LogP contribution is 2.22. The normalized spacial score (nSPS) is 10.4. The number of aromatic nitrogens is 3. The van der Waals surface area contributed by atoms with Crippen molar-refractivity contribution in [3.8, 4) is 0 Å². The van der Waals surface area contributed by atoms with Crippen molar-refractivity contribution in [3.63, 3.8) is 0 Å². The maximum atomic E-state index is 6.03. The van der Waals surface area contributed by atoms with Crippen LogP contribution in [0.25, 0.3) is 0 Å². The average molecular weight is 255 g/mol. The Morgan fingerprint density at radius 3 is 2.69 bits per heavy atom. The molecule has 0 aliphatic carbocycles. The lowest BCUT2D eigenvalue weighted by molar-refractivity contribution is 0.929. The van der Waals surface area contributed by atoms with E-state index in [1.54, 1.807) is 12.1 Å². The smallest absolute Gasteiger partial charge is 0.223 e. The first kappa shape index (κ1) is 11.1. The van der Waals surface area contributed by atoms with Crippen LogP contribution in [0.2, 0.25) is 10.0 Å². The molecular weight excluding hydrogens is 247 g/mol. The number of halogens is 2. The summed E-state index contributed by atoms with van der Waals surface area (Å²) in [5.74, 6) is 0.784. The molecule has 0 radical (unpaired) electrons. The van der Waals surface area contributed by atoms with Gasteiger partial charge in [0.05, 0.1) is 0 Å². The van der Waals surface area contributed by atoms with Crippen LogP contribution in [0.15, 0.2) is 24.5 Å². The van der Waals surface area contributed by atoms with Gasteiger partial charge in [-0.05, 0) is 17.7 Å². The molecule has 2 N–H and O–H groups in total. The summed E-state index contributed by atoms with van der Waals surface area (Å²) in [6.07, 6.45) is 1.88. The molecule has 0 amide bonds. The minimum absolute atomic E-state index is 0.204. The summed E-state index contributed by atoms with van der Waals surface area (Å²) in [5.41, 5.74) is 6.36. The lowest BCUT2D eigenvalue weighted by Crippen LogP contribution is -2.02. The van der Waals surface area contributed by atoms with Crippen LogP contribution in [0.5, 0.6) is 0 Å². The highest BCUT2D eigenvalue weighted by molar-refractivity contribution is 6.35. The molecule has 2 aromatic rings. The van der Waals surface area contributed by atoms with E-state index in [9.17, 15) is 0 Å². The standard InChI is InChI=1S/C10H8Cl2N4/c11-7-2-1-6(8(12)4-7)3-9-14-5-15-10(13)16-9/h1-2,4-5H,3H2,(H2,13,14,15,16). The van der Waals surface area contributed by atoms with Crippen LogP contribution in [-0.2, 0) is 6.42 Å². The molecule has 1 aromatic heterocycles. The van der Waals surface area contributed by atoms with Gasteiger partial charge in [0.2, 0.25) is 5.95 Å². The molecule has 16 heavy (non-hydrogen) atoms. The molecule has 4 nitrogen and oxygen atoms in total. The lowest BCUT2D eigenvalue weighted by Gasteiger charge is -2.03.